The molecule has 0 aliphatic heterocycles. The van der Waals surface area contributed by atoms with Crippen LogP contribution in [-0.4, -0.2) is 11.1 Å². The lowest BCUT2D eigenvalue weighted by molar-refractivity contribution is -0.134. The van der Waals surface area contributed by atoms with Crippen molar-refractivity contribution in [2.24, 2.45) is 0 Å². The van der Waals surface area contributed by atoms with E-state index in [-0.39, 0.29) is 0 Å². The van der Waals surface area contributed by atoms with Gasteiger partial charge in [0.25, 0.3) is 0 Å². The third-order valence-electron chi connectivity index (χ3n) is 1.32. The van der Waals surface area contributed by atoms with Crippen LogP contribution in [0.25, 0.3) is 0 Å². The molecule has 0 spiro atoms. The van der Waals surface area contributed by atoms with Crippen molar-refractivity contribution in [2.75, 3.05) is 0 Å². The first-order valence-corrected chi connectivity index (χ1v) is 3.44. The lowest BCUT2D eigenvalue weighted by Crippen LogP contribution is -2.07. The summed E-state index contributed by atoms with van der Waals surface area (Å²) in [5.41, 5.74) is 0. The smallest absolute Gasteiger partial charge is 0.416 e. The minimum Gasteiger partial charge on any atom is -0.462 e. The first kappa shape index (κ1) is 9.08. The number of hydrogen-bond acceptors (Lipinski definition) is 1. The lowest BCUT2D eigenvalue weighted by Gasteiger charge is -1.95. The maximum Gasteiger partial charge on any atom is 0.416 e. The van der Waals surface area contributed by atoms with Crippen molar-refractivity contribution in [2.45, 2.75) is 26.2 Å². The molecule has 2 nitrogen and oxygen atoms in total. The first-order chi connectivity index (χ1) is 4.72. The molecule has 0 radical (unpaired) electrons. The molecule has 0 saturated carbocycles. The topological polar surface area (TPSA) is 37.3 Å². The Balaban J connectivity index is 3.60. The second kappa shape index (κ2) is 4.91. The van der Waals surface area contributed by atoms with E-state index in [1.165, 1.54) is 6.08 Å². The molecule has 0 aromatic heterocycles. The molecule has 0 rings (SSSR count). The van der Waals surface area contributed by atoms with Gasteiger partial charge in [-0.3, -0.25) is 0 Å². The molecule has 56 valence electrons. The summed E-state index contributed by atoms with van der Waals surface area (Å²) in [5, 5.41) is 8.49. The number of rotatable bonds is 5. The number of unbranched alkanes of at least 4 members (excludes halogenated alkanes) is 1. The van der Waals surface area contributed by atoms with Crippen LogP contribution in [-0.2, 0) is 4.79 Å². The first-order valence-electron chi connectivity index (χ1n) is 3.44. The van der Waals surface area contributed by atoms with E-state index in [9.17, 15) is 4.79 Å². The number of hydrogen-bond donors (Lipinski definition) is 1. The molecule has 2 heteroatoms. The molecule has 1 N–H and O–H groups in total. The third-order valence-corrected chi connectivity index (χ3v) is 1.32. The fourth-order valence-corrected chi connectivity index (χ4v) is 0.664. The highest BCUT2D eigenvalue weighted by atomic mass is 16.4. The third kappa shape index (κ3) is 3.17. The van der Waals surface area contributed by atoms with Gasteiger partial charge in [0.2, 0.25) is 0 Å². The van der Waals surface area contributed by atoms with Crippen molar-refractivity contribution in [1.82, 2.24) is 0 Å². The molecule has 0 aromatic rings. The SMILES string of the molecule is C=C[C+](CCCC)C(=O)O. The zero-order valence-corrected chi connectivity index (χ0v) is 6.26. The van der Waals surface area contributed by atoms with Gasteiger partial charge in [-0.25, -0.2) is 4.79 Å². The van der Waals surface area contributed by atoms with Crippen LogP contribution < -0.4 is 0 Å². The van der Waals surface area contributed by atoms with Gasteiger partial charge in [0.05, 0.1) is 0 Å². The second-order valence-electron chi connectivity index (χ2n) is 2.14. The van der Waals surface area contributed by atoms with E-state index in [1.807, 2.05) is 6.92 Å². The molecule has 0 fully saturated rings. The predicted molar refractivity (Wildman–Crippen MR) is 40.6 cm³/mol. The van der Waals surface area contributed by atoms with E-state index >= 15 is 0 Å². The van der Waals surface area contributed by atoms with Crippen molar-refractivity contribution in [3.63, 3.8) is 0 Å². The van der Waals surface area contributed by atoms with E-state index in [0.717, 1.165) is 12.8 Å². The van der Waals surface area contributed by atoms with E-state index in [1.54, 1.807) is 0 Å². The van der Waals surface area contributed by atoms with E-state index < -0.39 is 5.97 Å². The van der Waals surface area contributed by atoms with Crippen molar-refractivity contribution in [3.8, 4) is 0 Å². The van der Waals surface area contributed by atoms with Crippen molar-refractivity contribution >= 4 is 5.97 Å². The maximum absolute atomic E-state index is 10.3. The quantitative estimate of drug-likeness (QED) is 0.595. The van der Waals surface area contributed by atoms with Gasteiger partial charge in [-0.05, 0) is 6.42 Å². The van der Waals surface area contributed by atoms with Crippen LogP contribution in [0.3, 0.4) is 0 Å². The molecule has 0 amide bonds. The molecule has 0 aromatic carbocycles. The number of carboxylic acids is 1. The normalized spacial score (nSPS) is 8.90. The van der Waals surface area contributed by atoms with Crippen LogP contribution in [0.5, 0.6) is 0 Å². The largest absolute Gasteiger partial charge is 0.462 e. The average molecular weight is 141 g/mol. The van der Waals surface area contributed by atoms with Gasteiger partial charge in [0.1, 0.15) is 6.08 Å². The standard InChI is InChI=1S/C8H12O2/c1-3-5-6-7(4-2)8(9)10/h4H,2-3,5-6H2,1H3/p+1. The van der Waals surface area contributed by atoms with Crippen molar-refractivity contribution in [3.05, 3.63) is 18.6 Å². The molecule has 0 saturated heterocycles. The maximum atomic E-state index is 10.3. The lowest BCUT2D eigenvalue weighted by atomic mass is 10.0. The summed E-state index contributed by atoms with van der Waals surface area (Å²) in [6.45, 7) is 5.45. The Bertz CT molecular complexity index is 118. The van der Waals surface area contributed by atoms with Crippen LogP contribution >= 0.6 is 0 Å². The molecular formula is C8H13O2+. The van der Waals surface area contributed by atoms with Gasteiger partial charge in [-0.1, -0.05) is 13.3 Å². The average Bonchev–Trinajstić information content (AvgIpc) is 1.89. The number of carbonyl (C=O) groups is 1. The summed E-state index contributed by atoms with van der Waals surface area (Å²) < 4.78 is 0. The highest BCUT2D eigenvalue weighted by Crippen LogP contribution is 2.11. The van der Waals surface area contributed by atoms with Crippen LogP contribution in [0.2, 0.25) is 0 Å². The Morgan fingerprint density at radius 1 is 1.80 bits per heavy atom. The molecule has 0 unspecified atom stereocenters. The van der Waals surface area contributed by atoms with Gasteiger partial charge in [-0.2, -0.15) is 0 Å². The van der Waals surface area contributed by atoms with Crippen molar-refractivity contribution < 1.29 is 9.90 Å². The molecule has 0 aliphatic carbocycles. The Morgan fingerprint density at radius 2 is 2.40 bits per heavy atom. The fraction of sp³-hybridized carbons (Fsp3) is 0.500. The monoisotopic (exact) mass is 141 g/mol. The number of aliphatic carboxylic acids is 1. The molecule has 0 bridgehead atoms. The molecule has 10 heavy (non-hydrogen) atoms. The van der Waals surface area contributed by atoms with Gasteiger partial charge >= 0.3 is 5.97 Å². The van der Waals surface area contributed by atoms with Crippen LogP contribution in [0.15, 0.2) is 12.7 Å². The van der Waals surface area contributed by atoms with Crippen molar-refractivity contribution in [1.29, 1.82) is 0 Å². The molecule has 0 heterocycles. The molecular weight excluding hydrogens is 128 g/mol. The second-order valence-corrected chi connectivity index (χ2v) is 2.14. The summed E-state index contributed by atoms with van der Waals surface area (Å²) in [4.78, 5) is 10.3. The Kier molecular flexibility index (Phi) is 4.46. The van der Waals surface area contributed by atoms with Crippen LogP contribution in [0.1, 0.15) is 26.2 Å². The van der Waals surface area contributed by atoms with E-state index in [0.29, 0.717) is 12.3 Å². The minimum absolute atomic E-state index is 0.418. The Labute approximate surface area is 61.6 Å². The van der Waals surface area contributed by atoms with Crippen LogP contribution in [0.4, 0.5) is 0 Å². The summed E-state index contributed by atoms with van der Waals surface area (Å²) in [6, 6.07) is 0. The predicted octanol–water partition coefficient (Wildman–Crippen LogP) is 2.02. The highest BCUT2D eigenvalue weighted by molar-refractivity contribution is 5.85. The summed E-state index contributed by atoms with van der Waals surface area (Å²) >= 11 is 0. The summed E-state index contributed by atoms with van der Waals surface area (Å²) in [6.07, 6.45) is 3.99. The fourth-order valence-electron chi connectivity index (χ4n) is 0.664. The zero-order chi connectivity index (χ0) is 7.98. The molecule has 0 aliphatic rings. The minimum atomic E-state index is -0.844. The zero-order valence-electron chi connectivity index (χ0n) is 6.26. The van der Waals surface area contributed by atoms with Crippen LogP contribution in [0, 0.1) is 5.92 Å². The Morgan fingerprint density at radius 3 is 2.70 bits per heavy atom. The van der Waals surface area contributed by atoms with Gasteiger partial charge in [0.15, 0.2) is 5.92 Å². The summed E-state index contributed by atoms with van der Waals surface area (Å²) in [5.74, 6) is -0.426. The number of carboxylic acid groups (broad SMARTS) is 1. The van der Waals surface area contributed by atoms with Gasteiger partial charge < -0.3 is 5.11 Å². The molecule has 0 atom stereocenters. The van der Waals surface area contributed by atoms with Gasteiger partial charge in [0, 0.05) is 13.0 Å². The van der Waals surface area contributed by atoms with E-state index in [2.05, 4.69) is 6.58 Å². The Hall–Kier alpha value is -0.920. The van der Waals surface area contributed by atoms with E-state index in [4.69, 9.17) is 5.11 Å². The highest BCUT2D eigenvalue weighted by Gasteiger charge is 2.20. The summed E-state index contributed by atoms with van der Waals surface area (Å²) in [7, 11) is 0. The van der Waals surface area contributed by atoms with Gasteiger partial charge in [-0.15, -0.1) is 0 Å².